The molecule has 202 valence electrons. The summed E-state index contributed by atoms with van der Waals surface area (Å²) >= 11 is 0. The van der Waals surface area contributed by atoms with Crippen molar-refractivity contribution in [2.75, 3.05) is 30.5 Å². The van der Waals surface area contributed by atoms with Crippen molar-refractivity contribution in [3.8, 4) is 0 Å². The number of aromatic nitrogens is 7. The van der Waals surface area contributed by atoms with E-state index in [1.54, 1.807) is 6.20 Å². The van der Waals surface area contributed by atoms with Gasteiger partial charge in [0.15, 0.2) is 5.82 Å². The molecule has 1 saturated heterocycles. The molecule has 0 atom stereocenters. The van der Waals surface area contributed by atoms with Crippen molar-refractivity contribution in [2.24, 2.45) is 0 Å². The third kappa shape index (κ3) is 4.91. The number of benzene rings is 1. The number of nitrogens with zero attached hydrogens (tertiary/aromatic N) is 7. The molecule has 0 bridgehead atoms. The third-order valence-electron chi connectivity index (χ3n) is 8.11. The number of hydrogen-bond acceptors (Lipinski definition) is 9. The fourth-order valence-corrected chi connectivity index (χ4v) is 5.48. The lowest BCUT2D eigenvalue weighted by Crippen LogP contribution is -2.43. The molecule has 1 aromatic carbocycles. The number of carbonyl (C=O) groups is 1. The molecule has 12 nitrogen and oxygen atoms in total. The predicted molar refractivity (Wildman–Crippen MR) is 145 cm³/mol. The van der Waals surface area contributed by atoms with E-state index >= 15 is 0 Å². The van der Waals surface area contributed by atoms with Crippen LogP contribution in [0.3, 0.4) is 0 Å². The smallest absolute Gasteiger partial charge is 0.251 e. The molecule has 0 spiro atoms. The number of aromatic amines is 1. The molecule has 12 heteroatoms. The number of anilines is 3. The summed E-state index contributed by atoms with van der Waals surface area (Å²) in [5.41, 5.74) is 3.45. The van der Waals surface area contributed by atoms with Crippen LogP contribution in [0.25, 0.3) is 11.0 Å². The Bertz CT molecular complexity index is 1480. The van der Waals surface area contributed by atoms with E-state index in [2.05, 4.69) is 47.1 Å². The van der Waals surface area contributed by atoms with Crippen LogP contribution in [-0.4, -0.2) is 73.4 Å². The van der Waals surface area contributed by atoms with Gasteiger partial charge in [-0.25, -0.2) is 9.67 Å². The Hall–Kier alpha value is -4.06. The number of rotatable bonds is 8. The SMILES string of the molecule is CN(c1nccc(Nc2cc(C3CC3)[nH]n2)n1)C1CCC(NC(=O)c2ccc3c(c2)nnn3C2COC2)CC1. The van der Waals surface area contributed by atoms with Gasteiger partial charge in [-0.15, -0.1) is 5.10 Å². The minimum atomic E-state index is -0.0689. The van der Waals surface area contributed by atoms with Crippen LogP contribution in [0.1, 0.15) is 66.5 Å². The maximum Gasteiger partial charge on any atom is 0.251 e. The fraction of sp³-hybridized carbons (Fsp3) is 0.481. The summed E-state index contributed by atoms with van der Waals surface area (Å²) in [6, 6.07) is 10.2. The van der Waals surface area contributed by atoms with E-state index in [4.69, 9.17) is 9.72 Å². The molecule has 4 heterocycles. The van der Waals surface area contributed by atoms with Gasteiger partial charge in [0.05, 0.1) is 18.7 Å². The van der Waals surface area contributed by atoms with Gasteiger partial charge in [-0.2, -0.15) is 10.1 Å². The van der Waals surface area contributed by atoms with Crippen molar-refractivity contribution in [1.82, 2.24) is 40.5 Å². The van der Waals surface area contributed by atoms with Crippen molar-refractivity contribution in [3.05, 3.63) is 47.8 Å². The predicted octanol–water partition coefficient (Wildman–Crippen LogP) is 3.31. The minimum Gasteiger partial charge on any atom is -0.377 e. The van der Waals surface area contributed by atoms with Gasteiger partial charge < -0.3 is 20.3 Å². The van der Waals surface area contributed by atoms with Crippen LogP contribution in [0.4, 0.5) is 17.6 Å². The molecule has 7 rings (SSSR count). The Morgan fingerprint density at radius 3 is 2.69 bits per heavy atom. The van der Waals surface area contributed by atoms with E-state index in [0.717, 1.165) is 48.4 Å². The highest BCUT2D eigenvalue weighted by molar-refractivity contribution is 5.97. The molecule has 39 heavy (non-hydrogen) atoms. The third-order valence-corrected chi connectivity index (χ3v) is 8.11. The van der Waals surface area contributed by atoms with Gasteiger partial charge in [0, 0.05) is 48.6 Å². The highest BCUT2D eigenvalue weighted by atomic mass is 16.5. The number of carbonyl (C=O) groups excluding carboxylic acids is 1. The average Bonchev–Trinajstić information content (AvgIpc) is 3.55. The van der Waals surface area contributed by atoms with Crippen molar-refractivity contribution in [1.29, 1.82) is 0 Å². The van der Waals surface area contributed by atoms with Gasteiger partial charge in [-0.05, 0) is 62.8 Å². The zero-order valence-electron chi connectivity index (χ0n) is 21.9. The maximum atomic E-state index is 13.0. The zero-order valence-corrected chi connectivity index (χ0v) is 21.9. The molecular formula is C27H32N10O2. The summed E-state index contributed by atoms with van der Waals surface area (Å²) in [5, 5.41) is 22.5. The summed E-state index contributed by atoms with van der Waals surface area (Å²) in [6.45, 7) is 1.30. The Morgan fingerprint density at radius 2 is 1.92 bits per heavy atom. The molecule has 3 aromatic heterocycles. The van der Waals surface area contributed by atoms with Crippen LogP contribution in [0, 0.1) is 0 Å². The van der Waals surface area contributed by atoms with Gasteiger partial charge in [-0.1, -0.05) is 5.21 Å². The van der Waals surface area contributed by atoms with Crippen LogP contribution in [0.2, 0.25) is 0 Å². The normalized spacial score (nSPS) is 21.5. The summed E-state index contributed by atoms with van der Waals surface area (Å²) in [4.78, 5) is 24.4. The van der Waals surface area contributed by atoms with Gasteiger partial charge in [-0.3, -0.25) is 9.89 Å². The molecule has 3 aliphatic rings. The van der Waals surface area contributed by atoms with Crippen molar-refractivity contribution < 1.29 is 9.53 Å². The Labute approximate surface area is 225 Å². The summed E-state index contributed by atoms with van der Waals surface area (Å²) in [5.74, 6) is 2.73. The van der Waals surface area contributed by atoms with Crippen molar-refractivity contribution in [3.63, 3.8) is 0 Å². The quantitative estimate of drug-likeness (QED) is 0.314. The average molecular weight is 529 g/mol. The maximum absolute atomic E-state index is 13.0. The molecule has 2 aliphatic carbocycles. The Morgan fingerprint density at radius 1 is 1.08 bits per heavy atom. The lowest BCUT2D eigenvalue weighted by atomic mass is 9.90. The zero-order chi connectivity index (χ0) is 26.3. The summed E-state index contributed by atoms with van der Waals surface area (Å²) in [7, 11) is 2.04. The van der Waals surface area contributed by atoms with E-state index in [0.29, 0.717) is 36.7 Å². The lowest BCUT2D eigenvalue weighted by molar-refractivity contribution is -0.0274. The summed E-state index contributed by atoms with van der Waals surface area (Å²) < 4.78 is 7.15. The molecule has 0 unspecified atom stereocenters. The lowest BCUT2D eigenvalue weighted by Gasteiger charge is -2.35. The minimum absolute atomic E-state index is 0.0689. The van der Waals surface area contributed by atoms with Crippen LogP contribution in [0.5, 0.6) is 0 Å². The molecule has 1 aliphatic heterocycles. The van der Waals surface area contributed by atoms with E-state index < -0.39 is 0 Å². The highest BCUT2D eigenvalue weighted by Crippen LogP contribution is 2.39. The first kappa shape index (κ1) is 24.0. The standard InChI is InChI=1S/C27H32N10O2/c1-36(27-28-11-10-24(31-27)30-25-13-21(32-34-25)16-2-3-16)19-7-5-18(6-8-19)29-26(38)17-4-9-23-22(12-17)33-35-37(23)20-14-39-15-20/h4,9-13,16,18-20H,2-3,5-8,14-15H2,1H3,(H,29,38)(H2,28,30,31,32,34). The monoisotopic (exact) mass is 528 g/mol. The van der Waals surface area contributed by atoms with E-state index in [1.807, 2.05) is 36.0 Å². The molecule has 1 amide bonds. The van der Waals surface area contributed by atoms with Gasteiger partial charge in [0.2, 0.25) is 5.95 Å². The van der Waals surface area contributed by atoms with Crippen molar-refractivity contribution >= 4 is 34.5 Å². The molecule has 0 radical (unpaired) electrons. The number of ether oxygens (including phenoxy) is 1. The van der Waals surface area contributed by atoms with Crippen LogP contribution in [0.15, 0.2) is 36.5 Å². The number of nitrogens with one attached hydrogen (secondary N) is 3. The molecule has 3 N–H and O–H groups in total. The Kier molecular flexibility index (Phi) is 6.11. The number of amides is 1. The summed E-state index contributed by atoms with van der Waals surface area (Å²) in [6.07, 6.45) is 7.93. The van der Waals surface area contributed by atoms with Crippen LogP contribution < -0.4 is 15.5 Å². The van der Waals surface area contributed by atoms with E-state index in [9.17, 15) is 4.79 Å². The first-order valence-electron chi connectivity index (χ1n) is 13.7. The van der Waals surface area contributed by atoms with Gasteiger partial charge in [0.1, 0.15) is 17.4 Å². The Balaban J connectivity index is 0.936. The van der Waals surface area contributed by atoms with Gasteiger partial charge >= 0.3 is 0 Å². The van der Waals surface area contributed by atoms with Gasteiger partial charge in [0.25, 0.3) is 5.91 Å². The van der Waals surface area contributed by atoms with E-state index in [1.165, 1.54) is 18.5 Å². The van der Waals surface area contributed by atoms with Crippen LogP contribution >= 0.6 is 0 Å². The largest absolute Gasteiger partial charge is 0.377 e. The number of fused-ring (bicyclic) bond motifs is 1. The second-order valence-electron chi connectivity index (χ2n) is 10.9. The fourth-order valence-electron chi connectivity index (χ4n) is 5.48. The van der Waals surface area contributed by atoms with Crippen molar-refractivity contribution in [2.45, 2.75) is 62.6 Å². The second kappa shape index (κ2) is 9.92. The first-order chi connectivity index (χ1) is 19.1. The highest BCUT2D eigenvalue weighted by Gasteiger charge is 2.28. The molecule has 3 fully saturated rings. The first-order valence-corrected chi connectivity index (χ1v) is 13.7. The van der Waals surface area contributed by atoms with E-state index in [-0.39, 0.29) is 18.0 Å². The number of H-pyrrole nitrogens is 1. The van der Waals surface area contributed by atoms with Crippen LogP contribution in [-0.2, 0) is 4.74 Å². The topological polar surface area (TPSA) is 139 Å². The molecule has 2 saturated carbocycles. The molecule has 4 aromatic rings. The second-order valence-corrected chi connectivity index (χ2v) is 10.9. The molecular weight excluding hydrogens is 496 g/mol. The number of hydrogen-bond donors (Lipinski definition) is 3.